The minimum absolute atomic E-state index is 0.0836. The highest BCUT2D eigenvalue weighted by Gasteiger charge is 2.22. The van der Waals surface area contributed by atoms with E-state index in [1.807, 2.05) is 0 Å². The minimum atomic E-state index is -0.980. The molecule has 5 nitrogen and oxygen atoms in total. The predicted molar refractivity (Wildman–Crippen MR) is 66.1 cm³/mol. The van der Waals surface area contributed by atoms with E-state index in [1.165, 1.54) is 7.11 Å². The highest BCUT2D eigenvalue weighted by molar-refractivity contribution is 9.10. The van der Waals surface area contributed by atoms with Crippen molar-refractivity contribution in [2.45, 2.75) is 18.9 Å². The number of hydrogen-bond donors (Lipinski definition) is 3. The summed E-state index contributed by atoms with van der Waals surface area (Å²) in [6, 6.07) is 0.380. The van der Waals surface area contributed by atoms with Gasteiger partial charge in [-0.05, 0) is 12.5 Å². The quantitative estimate of drug-likeness (QED) is 0.772. The van der Waals surface area contributed by atoms with Crippen LogP contribution in [0.15, 0.2) is 10.5 Å². The molecule has 1 atom stereocenters. The Bertz CT molecular complexity index is 467. The Morgan fingerprint density at radius 3 is 2.78 bits per heavy atom. The van der Waals surface area contributed by atoms with Crippen molar-refractivity contribution >= 4 is 21.9 Å². The molecule has 0 aliphatic heterocycles. The van der Waals surface area contributed by atoms with Gasteiger partial charge in [-0.2, -0.15) is 0 Å². The van der Waals surface area contributed by atoms with Crippen molar-refractivity contribution in [1.82, 2.24) is 0 Å². The van der Waals surface area contributed by atoms with E-state index in [9.17, 15) is 14.3 Å². The van der Waals surface area contributed by atoms with Crippen molar-refractivity contribution in [2.75, 3.05) is 7.11 Å². The van der Waals surface area contributed by atoms with Crippen molar-refractivity contribution in [2.24, 2.45) is 5.73 Å². The number of carboxylic acid groups (broad SMARTS) is 1. The zero-order valence-corrected chi connectivity index (χ0v) is 11.2. The average molecular weight is 322 g/mol. The molecule has 0 bridgehead atoms. The van der Waals surface area contributed by atoms with Crippen LogP contribution in [0.5, 0.6) is 11.5 Å². The van der Waals surface area contributed by atoms with Crippen molar-refractivity contribution < 1.29 is 24.1 Å². The third-order valence-electron chi connectivity index (χ3n) is 2.44. The molecule has 0 saturated heterocycles. The molecule has 0 saturated carbocycles. The van der Waals surface area contributed by atoms with Gasteiger partial charge in [0.15, 0.2) is 17.3 Å². The van der Waals surface area contributed by atoms with Gasteiger partial charge in [-0.1, -0.05) is 15.9 Å². The lowest BCUT2D eigenvalue weighted by molar-refractivity contribution is -0.137. The van der Waals surface area contributed by atoms with Crippen LogP contribution in [0.2, 0.25) is 0 Å². The van der Waals surface area contributed by atoms with Crippen LogP contribution in [0.25, 0.3) is 0 Å². The van der Waals surface area contributed by atoms with Gasteiger partial charge in [0.1, 0.15) is 0 Å². The molecule has 100 valence electrons. The maximum atomic E-state index is 13.3. The smallest absolute Gasteiger partial charge is 0.303 e. The van der Waals surface area contributed by atoms with E-state index in [2.05, 4.69) is 15.9 Å². The Morgan fingerprint density at radius 1 is 1.67 bits per heavy atom. The Balaban J connectivity index is 3.14. The summed E-state index contributed by atoms with van der Waals surface area (Å²) < 4.78 is 18.5. The lowest BCUT2D eigenvalue weighted by atomic mass is 10.0. The second-order valence-corrected chi connectivity index (χ2v) is 4.53. The maximum Gasteiger partial charge on any atom is 0.303 e. The van der Waals surface area contributed by atoms with E-state index in [0.717, 1.165) is 6.07 Å². The summed E-state index contributed by atoms with van der Waals surface area (Å²) in [6.45, 7) is 0. The first-order chi connectivity index (χ1) is 8.38. The van der Waals surface area contributed by atoms with Crippen molar-refractivity contribution in [3.8, 4) is 11.5 Å². The van der Waals surface area contributed by atoms with Crippen LogP contribution in [-0.4, -0.2) is 23.3 Å². The second-order valence-electron chi connectivity index (χ2n) is 3.67. The normalized spacial score (nSPS) is 12.2. The van der Waals surface area contributed by atoms with Crippen molar-refractivity contribution in [3.63, 3.8) is 0 Å². The molecule has 0 aliphatic carbocycles. The molecule has 0 fully saturated rings. The Kier molecular flexibility index (Phi) is 4.92. The van der Waals surface area contributed by atoms with Crippen LogP contribution in [0.3, 0.4) is 0 Å². The Labute approximate surface area is 111 Å². The van der Waals surface area contributed by atoms with Crippen LogP contribution in [0.4, 0.5) is 4.39 Å². The number of aromatic hydroxyl groups is 1. The number of methoxy groups -OCH3 is 1. The summed E-state index contributed by atoms with van der Waals surface area (Å²) in [5, 5.41) is 18.1. The topological polar surface area (TPSA) is 92.8 Å². The fourth-order valence-electron chi connectivity index (χ4n) is 1.58. The molecule has 0 spiro atoms. The highest BCUT2D eigenvalue weighted by atomic mass is 79.9. The summed E-state index contributed by atoms with van der Waals surface area (Å²) in [6.07, 6.45) is 0.0181. The fourth-order valence-corrected chi connectivity index (χ4v) is 2.25. The number of rotatable bonds is 5. The standard InChI is InChI=1S/C11H13BrFNO4/c1-18-11-9(7(14)2-3-8(15)16)5(12)4-6(13)10(11)17/h4,7,17H,2-3,14H2,1H3,(H,15,16). The first-order valence-electron chi connectivity index (χ1n) is 5.10. The van der Waals surface area contributed by atoms with Gasteiger partial charge in [0.2, 0.25) is 0 Å². The van der Waals surface area contributed by atoms with Gasteiger partial charge in [-0.15, -0.1) is 0 Å². The monoisotopic (exact) mass is 321 g/mol. The van der Waals surface area contributed by atoms with Crippen LogP contribution in [-0.2, 0) is 4.79 Å². The van der Waals surface area contributed by atoms with Crippen LogP contribution < -0.4 is 10.5 Å². The van der Waals surface area contributed by atoms with Gasteiger partial charge >= 0.3 is 5.97 Å². The molecule has 4 N–H and O–H groups in total. The molecule has 0 heterocycles. The molecule has 0 aromatic heterocycles. The van der Waals surface area contributed by atoms with Gasteiger partial charge in [0.25, 0.3) is 0 Å². The van der Waals surface area contributed by atoms with Gasteiger partial charge in [0.05, 0.1) is 7.11 Å². The molecule has 1 unspecified atom stereocenters. The highest BCUT2D eigenvalue weighted by Crippen LogP contribution is 2.41. The molecule has 0 aliphatic rings. The van der Waals surface area contributed by atoms with Gasteiger partial charge < -0.3 is 20.7 Å². The Morgan fingerprint density at radius 2 is 2.28 bits per heavy atom. The van der Waals surface area contributed by atoms with Gasteiger partial charge in [-0.3, -0.25) is 4.79 Å². The molecule has 1 aromatic rings. The molecule has 18 heavy (non-hydrogen) atoms. The molecule has 7 heteroatoms. The first kappa shape index (κ1) is 14.7. The lowest BCUT2D eigenvalue weighted by Crippen LogP contribution is -2.14. The van der Waals surface area contributed by atoms with E-state index in [1.54, 1.807) is 0 Å². The number of ether oxygens (including phenoxy) is 1. The number of phenols is 1. The molecular weight excluding hydrogens is 309 g/mol. The number of carbonyl (C=O) groups is 1. The van der Waals surface area contributed by atoms with E-state index in [0.29, 0.717) is 10.0 Å². The number of nitrogens with two attached hydrogens (primary N) is 1. The first-order valence-corrected chi connectivity index (χ1v) is 5.90. The molecule has 1 rings (SSSR count). The van der Waals surface area contributed by atoms with Crippen LogP contribution in [0, 0.1) is 5.82 Å². The van der Waals surface area contributed by atoms with E-state index in [4.69, 9.17) is 15.6 Å². The largest absolute Gasteiger partial charge is 0.502 e. The Hall–Kier alpha value is -1.34. The van der Waals surface area contributed by atoms with Crippen molar-refractivity contribution in [1.29, 1.82) is 0 Å². The predicted octanol–water partition coefficient (Wildman–Crippen LogP) is 2.17. The summed E-state index contributed by atoms with van der Waals surface area (Å²) in [5.41, 5.74) is 6.18. The van der Waals surface area contributed by atoms with E-state index < -0.39 is 23.6 Å². The number of benzene rings is 1. The van der Waals surface area contributed by atoms with Crippen LogP contribution >= 0.6 is 15.9 Å². The average Bonchev–Trinajstić information content (AvgIpc) is 2.30. The van der Waals surface area contributed by atoms with Gasteiger partial charge in [-0.25, -0.2) is 4.39 Å². The molecule has 0 amide bonds. The van der Waals surface area contributed by atoms with E-state index >= 15 is 0 Å². The number of carboxylic acids is 1. The number of aliphatic carboxylic acids is 1. The van der Waals surface area contributed by atoms with Crippen LogP contribution in [0.1, 0.15) is 24.4 Å². The summed E-state index contributed by atoms with van der Waals surface area (Å²) in [4.78, 5) is 10.5. The third kappa shape index (κ3) is 3.11. The molecule has 1 aromatic carbocycles. The zero-order valence-electron chi connectivity index (χ0n) is 9.61. The summed E-state index contributed by atoms with van der Waals surface area (Å²) in [7, 11) is 1.27. The minimum Gasteiger partial charge on any atom is -0.502 e. The lowest BCUT2D eigenvalue weighted by Gasteiger charge is -2.18. The third-order valence-corrected chi connectivity index (χ3v) is 3.10. The zero-order chi connectivity index (χ0) is 13.9. The molecular formula is C11H13BrFNO4. The van der Waals surface area contributed by atoms with Crippen molar-refractivity contribution in [3.05, 3.63) is 21.9 Å². The number of halogens is 2. The second kappa shape index (κ2) is 6.01. The summed E-state index contributed by atoms with van der Waals surface area (Å²) >= 11 is 3.12. The SMILES string of the molecule is COc1c(O)c(F)cc(Br)c1C(N)CCC(=O)O. The van der Waals surface area contributed by atoms with E-state index in [-0.39, 0.29) is 18.6 Å². The fraction of sp³-hybridized carbons (Fsp3) is 0.364. The van der Waals surface area contributed by atoms with Gasteiger partial charge in [0, 0.05) is 22.5 Å². The summed E-state index contributed by atoms with van der Waals surface area (Å²) in [5.74, 6) is -2.54. The molecule has 0 radical (unpaired) electrons. The number of phenolic OH excluding ortho intramolecular Hbond substituents is 1. The maximum absolute atomic E-state index is 13.3. The number of hydrogen-bond acceptors (Lipinski definition) is 4.